The van der Waals surface area contributed by atoms with E-state index < -0.39 is 6.10 Å². The van der Waals surface area contributed by atoms with Gasteiger partial charge < -0.3 is 24.4 Å². The molecule has 114 valence electrons. The summed E-state index contributed by atoms with van der Waals surface area (Å²) in [4.78, 5) is 0. The monoisotopic (exact) mass is 348 g/mol. The Bertz CT molecular complexity index is 399. The van der Waals surface area contributed by atoms with Crippen LogP contribution in [0.1, 0.15) is 12.5 Å². The predicted octanol–water partition coefficient (Wildman–Crippen LogP) is 1.73. The Hall–Kier alpha value is -0.660. The van der Waals surface area contributed by atoms with Crippen molar-refractivity contribution in [3.05, 3.63) is 28.2 Å². The molecule has 0 saturated heterocycles. The van der Waals surface area contributed by atoms with Crippen LogP contribution in [0.3, 0.4) is 0 Å². The molecule has 5 nitrogen and oxygen atoms in total. The Balaban J connectivity index is 2.43. The van der Waals surface area contributed by atoms with Crippen molar-refractivity contribution in [1.29, 1.82) is 0 Å². The summed E-state index contributed by atoms with van der Waals surface area (Å²) in [5, 5.41) is 19.1. The van der Waals surface area contributed by atoms with Crippen LogP contribution in [0.4, 0.5) is 0 Å². The molecule has 0 saturated carbocycles. The first kappa shape index (κ1) is 17.4. The molecule has 20 heavy (non-hydrogen) atoms. The van der Waals surface area contributed by atoms with Crippen molar-refractivity contribution in [2.24, 2.45) is 0 Å². The predicted molar refractivity (Wildman–Crippen MR) is 78.9 cm³/mol. The average molecular weight is 349 g/mol. The molecule has 2 unspecified atom stereocenters. The molecule has 1 aromatic rings. The molecule has 1 rings (SSSR count). The highest BCUT2D eigenvalue weighted by Gasteiger charge is 2.12. The van der Waals surface area contributed by atoms with Gasteiger partial charge in [-0.15, -0.1) is 0 Å². The van der Waals surface area contributed by atoms with Crippen LogP contribution in [0.15, 0.2) is 22.7 Å². The highest BCUT2D eigenvalue weighted by Crippen LogP contribution is 2.29. The Labute approximate surface area is 127 Å². The number of halogens is 1. The topological polar surface area (TPSA) is 68.2 Å². The van der Waals surface area contributed by atoms with Crippen LogP contribution >= 0.6 is 15.9 Å². The number of para-hydroxylation sites is 1. The average Bonchev–Trinajstić information content (AvgIpc) is 2.43. The number of ether oxygens (including phenoxy) is 3. The van der Waals surface area contributed by atoms with Crippen LogP contribution in [0.2, 0.25) is 0 Å². The summed E-state index contributed by atoms with van der Waals surface area (Å²) in [6.45, 7) is 2.49. The zero-order chi connectivity index (χ0) is 15.0. The molecule has 0 radical (unpaired) electrons. The first-order valence-electron chi connectivity index (χ1n) is 6.38. The van der Waals surface area contributed by atoms with E-state index in [1.54, 1.807) is 13.2 Å². The van der Waals surface area contributed by atoms with Crippen molar-refractivity contribution in [3.8, 4) is 5.75 Å². The van der Waals surface area contributed by atoms with Gasteiger partial charge in [-0.2, -0.15) is 0 Å². The van der Waals surface area contributed by atoms with Crippen molar-refractivity contribution in [3.63, 3.8) is 0 Å². The third-order valence-corrected chi connectivity index (χ3v) is 3.24. The number of benzene rings is 1. The van der Waals surface area contributed by atoms with Crippen molar-refractivity contribution >= 4 is 15.9 Å². The highest BCUT2D eigenvalue weighted by atomic mass is 79.9. The molecule has 2 atom stereocenters. The van der Waals surface area contributed by atoms with Crippen molar-refractivity contribution < 1.29 is 24.4 Å². The van der Waals surface area contributed by atoms with Gasteiger partial charge in [0, 0.05) is 12.7 Å². The number of hydrogen-bond acceptors (Lipinski definition) is 5. The summed E-state index contributed by atoms with van der Waals surface area (Å²) >= 11 is 3.36. The lowest BCUT2D eigenvalue weighted by Crippen LogP contribution is -2.27. The lowest BCUT2D eigenvalue weighted by Gasteiger charge is -2.18. The molecule has 2 N–H and O–H groups in total. The van der Waals surface area contributed by atoms with Crippen molar-refractivity contribution in [2.75, 3.05) is 26.9 Å². The Morgan fingerprint density at radius 3 is 2.65 bits per heavy atom. The van der Waals surface area contributed by atoms with Crippen molar-refractivity contribution in [1.82, 2.24) is 0 Å². The summed E-state index contributed by atoms with van der Waals surface area (Å²) < 4.78 is 16.6. The summed E-state index contributed by atoms with van der Waals surface area (Å²) in [6.07, 6.45) is -0.820. The molecule has 6 heteroatoms. The Morgan fingerprint density at radius 1 is 1.25 bits per heavy atom. The minimum absolute atomic E-state index is 0.0777. The second-order valence-electron chi connectivity index (χ2n) is 4.45. The number of rotatable bonds is 9. The fraction of sp³-hybridized carbons (Fsp3) is 0.571. The van der Waals surface area contributed by atoms with E-state index in [0.717, 1.165) is 4.47 Å². The number of hydrogen-bond donors (Lipinski definition) is 2. The van der Waals surface area contributed by atoms with Crippen LogP contribution in [-0.2, 0) is 16.1 Å². The molecule has 1 aromatic carbocycles. The number of methoxy groups -OCH3 is 1. The van der Waals surface area contributed by atoms with Crippen molar-refractivity contribution in [2.45, 2.75) is 25.7 Å². The fourth-order valence-electron chi connectivity index (χ4n) is 1.63. The maximum atomic E-state index is 9.81. The molecule has 0 aliphatic rings. The van der Waals surface area contributed by atoms with E-state index in [0.29, 0.717) is 17.9 Å². The second-order valence-corrected chi connectivity index (χ2v) is 5.30. The van der Waals surface area contributed by atoms with Gasteiger partial charge >= 0.3 is 0 Å². The van der Waals surface area contributed by atoms with Gasteiger partial charge in [-0.1, -0.05) is 12.1 Å². The first-order valence-corrected chi connectivity index (χ1v) is 7.17. The zero-order valence-electron chi connectivity index (χ0n) is 11.7. The Morgan fingerprint density at radius 2 is 2.00 bits per heavy atom. The van der Waals surface area contributed by atoms with E-state index in [1.807, 2.05) is 19.1 Å². The van der Waals surface area contributed by atoms with E-state index in [1.165, 1.54) is 0 Å². The zero-order valence-corrected chi connectivity index (χ0v) is 13.3. The summed E-state index contributed by atoms with van der Waals surface area (Å²) in [7, 11) is 1.60. The number of aliphatic hydroxyl groups excluding tert-OH is 2. The van der Waals surface area contributed by atoms with Gasteiger partial charge in [0.1, 0.15) is 18.5 Å². The fourth-order valence-corrected chi connectivity index (χ4v) is 2.15. The molecule has 0 heterocycles. The lowest BCUT2D eigenvalue weighted by molar-refractivity contribution is -0.0424. The van der Waals surface area contributed by atoms with Gasteiger partial charge in [-0.3, -0.25) is 0 Å². The number of aliphatic hydroxyl groups is 2. The molecule has 0 amide bonds. The molecule has 0 bridgehead atoms. The standard InChI is InChI=1S/C14H21BrO5/c1-10(7-18-2)19-8-12(17)9-20-14-11(6-16)4-3-5-13(14)15/h3-5,10,12,16-17H,6-9H2,1-2H3. The lowest BCUT2D eigenvalue weighted by atomic mass is 10.2. The van der Waals surface area contributed by atoms with Crippen LogP contribution in [-0.4, -0.2) is 49.4 Å². The van der Waals surface area contributed by atoms with E-state index in [2.05, 4.69) is 15.9 Å². The maximum Gasteiger partial charge on any atom is 0.139 e. The molecule has 0 spiro atoms. The first-order chi connectivity index (χ1) is 9.58. The molecule has 0 aromatic heterocycles. The van der Waals surface area contributed by atoms with Crippen LogP contribution in [0.5, 0.6) is 5.75 Å². The Kier molecular flexibility index (Phi) is 8.09. The minimum atomic E-state index is -0.743. The molecule has 0 fully saturated rings. The maximum absolute atomic E-state index is 9.81. The summed E-state index contributed by atoms with van der Waals surface area (Å²) in [5.74, 6) is 0.541. The van der Waals surface area contributed by atoms with Gasteiger partial charge in [-0.05, 0) is 28.9 Å². The highest BCUT2D eigenvalue weighted by molar-refractivity contribution is 9.10. The van der Waals surface area contributed by atoms with Gasteiger partial charge in [0.25, 0.3) is 0 Å². The minimum Gasteiger partial charge on any atom is -0.489 e. The summed E-state index contributed by atoms with van der Waals surface area (Å²) in [6, 6.07) is 5.40. The molecular formula is C14H21BrO5. The van der Waals surface area contributed by atoms with Crippen LogP contribution in [0, 0.1) is 0 Å². The van der Waals surface area contributed by atoms with E-state index in [4.69, 9.17) is 14.2 Å². The third-order valence-electron chi connectivity index (χ3n) is 2.61. The van der Waals surface area contributed by atoms with Crippen LogP contribution < -0.4 is 4.74 Å². The van der Waals surface area contributed by atoms with Gasteiger partial charge in [0.05, 0.1) is 30.4 Å². The molecule has 0 aliphatic heterocycles. The van der Waals surface area contributed by atoms with Gasteiger partial charge in [0.2, 0.25) is 0 Å². The normalized spacial score (nSPS) is 14.1. The van der Waals surface area contributed by atoms with Gasteiger partial charge in [-0.25, -0.2) is 0 Å². The van der Waals surface area contributed by atoms with Gasteiger partial charge in [0.15, 0.2) is 0 Å². The quantitative estimate of drug-likeness (QED) is 0.711. The summed E-state index contributed by atoms with van der Waals surface area (Å²) in [5.41, 5.74) is 0.667. The van der Waals surface area contributed by atoms with E-state index in [9.17, 15) is 10.2 Å². The SMILES string of the molecule is COCC(C)OCC(O)COc1c(Br)cccc1CO. The largest absolute Gasteiger partial charge is 0.489 e. The third kappa shape index (κ3) is 5.76. The smallest absolute Gasteiger partial charge is 0.139 e. The van der Waals surface area contributed by atoms with E-state index >= 15 is 0 Å². The second kappa shape index (κ2) is 9.31. The van der Waals surface area contributed by atoms with E-state index in [-0.39, 0.29) is 25.9 Å². The molecule has 0 aliphatic carbocycles. The molecular weight excluding hydrogens is 328 g/mol. The van der Waals surface area contributed by atoms with Crippen LogP contribution in [0.25, 0.3) is 0 Å².